The number of carbonyl (C=O) groups excluding carboxylic acids is 1. The molecule has 1 aromatic carbocycles. The number of urea groups is 1. The predicted octanol–water partition coefficient (Wildman–Crippen LogP) is 1.77. The fourth-order valence-corrected chi connectivity index (χ4v) is 2.16. The van der Waals surface area contributed by atoms with Gasteiger partial charge in [0.05, 0.1) is 19.4 Å². The molecule has 8 heteroatoms. The summed E-state index contributed by atoms with van der Waals surface area (Å²) < 4.78 is 6.79. The summed E-state index contributed by atoms with van der Waals surface area (Å²) in [5, 5.41) is 22.7. The molecule has 0 saturated carbocycles. The molecule has 0 aliphatic heterocycles. The molecule has 3 aromatic rings. The summed E-state index contributed by atoms with van der Waals surface area (Å²) in [5.74, 6) is 0.714. The number of aromatic nitrogens is 3. The Morgan fingerprint density at radius 2 is 2.08 bits per heavy atom. The molecule has 0 aliphatic carbocycles. The summed E-state index contributed by atoms with van der Waals surface area (Å²) in [6, 6.07) is 12.6. The predicted molar refractivity (Wildman–Crippen MR) is 86.3 cm³/mol. The van der Waals surface area contributed by atoms with Crippen LogP contribution in [-0.4, -0.2) is 32.4 Å². The zero-order chi connectivity index (χ0) is 16.8. The molecule has 1 unspecified atom stereocenters. The zero-order valence-corrected chi connectivity index (χ0v) is 12.8. The zero-order valence-electron chi connectivity index (χ0n) is 12.8. The first-order valence-electron chi connectivity index (χ1n) is 7.40. The van der Waals surface area contributed by atoms with Crippen LogP contribution in [0.3, 0.4) is 0 Å². The third-order valence-electron chi connectivity index (χ3n) is 3.36. The van der Waals surface area contributed by atoms with Crippen LogP contribution in [0.25, 0.3) is 0 Å². The fourth-order valence-electron chi connectivity index (χ4n) is 2.16. The van der Waals surface area contributed by atoms with Gasteiger partial charge in [-0.2, -0.15) is 0 Å². The lowest BCUT2D eigenvalue weighted by molar-refractivity contribution is 0.149. The third-order valence-corrected chi connectivity index (χ3v) is 3.36. The SMILES string of the molecule is O=C(NCC(O)c1ccco1)Nc1nncn1Cc1ccccc1. The van der Waals surface area contributed by atoms with Crippen LogP contribution in [0.15, 0.2) is 59.5 Å². The van der Waals surface area contributed by atoms with E-state index in [1.54, 1.807) is 23.0 Å². The maximum absolute atomic E-state index is 11.9. The van der Waals surface area contributed by atoms with E-state index in [0.717, 1.165) is 5.56 Å². The number of nitrogens with zero attached hydrogens (tertiary/aromatic N) is 3. The van der Waals surface area contributed by atoms with Gasteiger partial charge >= 0.3 is 6.03 Å². The van der Waals surface area contributed by atoms with Gasteiger partial charge in [0.15, 0.2) is 0 Å². The molecule has 3 N–H and O–H groups in total. The largest absolute Gasteiger partial charge is 0.467 e. The maximum Gasteiger partial charge on any atom is 0.321 e. The third kappa shape index (κ3) is 3.99. The van der Waals surface area contributed by atoms with Crippen molar-refractivity contribution in [3.8, 4) is 0 Å². The first-order chi connectivity index (χ1) is 11.7. The smallest absolute Gasteiger partial charge is 0.321 e. The number of carbonyl (C=O) groups is 1. The lowest BCUT2D eigenvalue weighted by Crippen LogP contribution is -2.33. The van der Waals surface area contributed by atoms with E-state index in [-0.39, 0.29) is 6.54 Å². The van der Waals surface area contributed by atoms with Crippen LogP contribution >= 0.6 is 0 Å². The van der Waals surface area contributed by atoms with Crippen molar-refractivity contribution in [1.29, 1.82) is 0 Å². The minimum atomic E-state index is -0.909. The molecule has 2 amide bonds. The number of anilines is 1. The van der Waals surface area contributed by atoms with Gasteiger partial charge in [0.2, 0.25) is 5.95 Å². The Hall–Kier alpha value is -3.13. The van der Waals surface area contributed by atoms with Crippen molar-refractivity contribution in [2.45, 2.75) is 12.6 Å². The van der Waals surface area contributed by atoms with Crippen molar-refractivity contribution in [3.05, 3.63) is 66.4 Å². The second kappa shape index (κ2) is 7.42. The average molecular weight is 327 g/mol. The molecule has 0 spiro atoms. The summed E-state index contributed by atoms with van der Waals surface area (Å²) >= 11 is 0. The van der Waals surface area contributed by atoms with Gasteiger partial charge in [-0.15, -0.1) is 10.2 Å². The van der Waals surface area contributed by atoms with Crippen LogP contribution in [0.5, 0.6) is 0 Å². The number of furan rings is 1. The van der Waals surface area contributed by atoms with Crippen LogP contribution in [0, 0.1) is 0 Å². The van der Waals surface area contributed by atoms with E-state index < -0.39 is 12.1 Å². The molecular weight excluding hydrogens is 310 g/mol. The molecule has 24 heavy (non-hydrogen) atoms. The van der Waals surface area contributed by atoms with Crippen molar-refractivity contribution in [2.24, 2.45) is 0 Å². The van der Waals surface area contributed by atoms with Crippen LogP contribution in [0.1, 0.15) is 17.4 Å². The van der Waals surface area contributed by atoms with Gasteiger partial charge in [-0.25, -0.2) is 4.79 Å². The number of rotatable bonds is 6. The van der Waals surface area contributed by atoms with E-state index in [2.05, 4.69) is 20.8 Å². The highest BCUT2D eigenvalue weighted by molar-refractivity contribution is 5.87. The van der Waals surface area contributed by atoms with E-state index >= 15 is 0 Å². The van der Waals surface area contributed by atoms with Crippen LogP contribution in [-0.2, 0) is 6.54 Å². The van der Waals surface area contributed by atoms with Gasteiger partial charge in [-0.1, -0.05) is 30.3 Å². The Labute approximate surface area is 138 Å². The van der Waals surface area contributed by atoms with Gasteiger partial charge in [0, 0.05) is 0 Å². The van der Waals surface area contributed by atoms with Crippen molar-refractivity contribution in [1.82, 2.24) is 20.1 Å². The molecule has 1 atom stereocenters. The van der Waals surface area contributed by atoms with E-state index in [1.807, 2.05) is 30.3 Å². The second-order valence-corrected chi connectivity index (χ2v) is 5.13. The van der Waals surface area contributed by atoms with Gasteiger partial charge in [0.25, 0.3) is 0 Å². The lowest BCUT2D eigenvalue weighted by atomic mass is 10.2. The van der Waals surface area contributed by atoms with E-state index in [9.17, 15) is 9.90 Å². The van der Waals surface area contributed by atoms with Crippen LogP contribution < -0.4 is 10.6 Å². The summed E-state index contributed by atoms with van der Waals surface area (Å²) in [6.45, 7) is 0.560. The molecule has 2 aromatic heterocycles. The molecule has 124 valence electrons. The Bertz CT molecular complexity index is 770. The number of aliphatic hydroxyl groups excluding tert-OH is 1. The number of benzene rings is 1. The Kier molecular flexibility index (Phi) is 4.87. The summed E-state index contributed by atoms with van der Waals surface area (Å²) in [5.41, 5.74) is 1.06. The average Bonchev–Trinajstić information content (AvgIpc) is 3.26. The fraction of sp³-hybridized carbons (Fsp3) is 0.188. The Morgan fingerprint density at radius 1 is 1.25 bits per heavy atom. The molecule has 0 aliphatic rings. The van der Waals surface area contributed by atoms with Gasteiger partial charge in [0.1, 0.15) is 18.2 Å². The summed E-state index contributed by atoms with van der Waals surface area (Å²) in [7, 11) is 0. The molecule has 3 rings (SSSR count). The summed E-state index contributed by atoms with van der Waals surface area (Å²) in [4.78, 5) is 11.9. The maximum atomic E-state index is 11.9. The highest BCUT2D eigenvalue weighted by Crippen LogP contribution is 2.12. The van der Waals surface area contributed by atoms with Crippen molar-refractivity contribution >= 4 is 12.0 Å². The lowest BCUT2D eigenvalue weighted by Gasteiger charge is -2.11. The molecule has 0 radical (unpaired) electrons. The van der Waals surface area contributed by atoms with Crippen molar-refractivity contribution in [3.63, 3.8) is 0 Å². The normalized spacial score (nSPS) is 11.9. The Balaban J connectivity index is 1.54. The van der Waals surface area contributed by atoms with Gasteiger partial charge < -0.3 is 14.8 Å². The van der Waals surface area contributed by atoms with E-state index in [0.29, 0.717) is 18.3 Å². The van der Waals surface area contributed by atoms with E-state index in [4.69, 9.17) is 4.42 Å². The number of hydrogen-bond donors (Lipinski definition) is 3. The topological polar surface area (TPSA) is 105 Å². The first kappa shape index (κ1) is 15.8. The molecule has 0 fully saturated rings. The highest BCUT2D eigenvalue weighted by Gasteiger charge is 2.13. The minimum Gasteiger partial charge on any atom is -0.467 e. The molecule has 8 nitrogen and oxygen atoms in total. The Morgan fingerprint density at radius 3 is 2.83 bits per heavy atom. The number of hydrogen-bond acceptors (Lipinski definition) is 5. The van der Waals surface area contributed by atoms with Gasteiger partial charge in [-0.05, 0) is 17.7 Å². The first-order valence-corrected chi connectivity index (χ1v) is 7.40. The molecule has 2 heterocycles. The second-order valence-electron chi connectivity index (χ2n) is 5.13. The monoisotopic (exact) mass is 327 g/mol. The quantitative estimate of drug-likeness (QED) is 0.640. The standard InChI is InChI=1S/C16H17N5O3/c22-13(14-7-4-8-24-14)9-17-16(23)19-15-20-18-11-21(15)10-12-5-2-1-3-6-12/h1-8,11,13,22H,9-10H2,(H2,17,19,20,23). The number of aliphatic hydroxyl groups is 1. The van der Waals surface area contributed by atoms with Crippen molar-refractivity contribution < 1.29 is 14.3 Å². The van der Waals surface area contributed by atoms with Crippen molar-refractivity contribution in [2.75, 3.05) is 11.9 Å². The number of amides is 2. The molecular formula is C16H17N5O3. The molecule has 0 saturated heterocycles. The van der Waals surface area contributed by atoms with Crippen LogP contribution in [0.4, 0.5) is 10.7 Å². The van der Waals surface area contributed by atoms with E-state index in [1.165, 1.54) is 6.26 Å². The van der Waals surface area contributed by atoms with Crippen LogP contribution in [0.2, 0.25) is 0 Å². The molecule has 0 bridgehead atoms. The highest BCUT2D eigenvalue weighted by atomic mass is 16.4. The minimum absolute atomic E-state index is 0.0200. The van der Waals surface area contributed by atoms with Gasteiger partial charge in [-0.3, -0.25) is 9.88 Å². The number of nitrogens with one attached hydrogen (secondary N) is 2. The summed E-state index contributed by atoms with van der Waals surface area (Å²) in [6.07, 6.45) is 2.10.